The number of nitrogens with zero attached hydrogens (tertiary/aromatic N) is 2. The van der Waals surface area contributed by atoms with Gasteiger partial charge in [-0.3, -0.25) is 4.79 Å². The maximum atomic E-state index is 11.3. The monoisotopic (exact) mass is 211 g/mol. The first-order chi connectivity index (χ1) is 7.13. The number of ether oxygens (including phenoxy) is 1. The SMILES string of the molecule is COC(=O)c1cc2n(n1)C(O)CNC2=O. The first-order valence-corrected chi connectivity index (χ1v) is 4.27. The Kier molecular flexibility index (Phi) is 2.16. The molecule has 2 rings (SSSR count). The number of fused-ring (bicyclic) bond motifs is 1. The highest BCUT2D eigenvalue weighted by atomic mass is 16.5. The number of nitrogens with one attached hydrogen (secondary N) is 1. The summed E-state index contributed by atoms with van der Waals surface area (Å²) < 4.78 is 5.56. The number of amides is 1. The fraction of sp³-hybridized carbons (Fsp3) is 0.375. The van der Waals surface area contributed by atoms with E-state index in [1.807, 2.05) is 0 Å². The molecule has 1 aromatic heterocycles. The standard InChI is InChI=1S/C8H9N3O4/c1-15-8(14)4-2-5-7(13)9-3-6(12)11(5)10-4/h2,6,12H,3H2,1H3,(H,9,13). The third kappa shape index (κ3) is 1.46. The Bertz CT molecular complexity index is 426. The van der Waals surface area contributed by atoms with Crippen LogP contribution in [0.1, 0.15) is 27.2 Å². The Morgan fingerprint density at radius 2 is 2.53 bits per heavy atom. The zero-order chi connectivity index (χ0) is 11.0. The van der Waals surface area contributed by atoms with Crippen molar-refractivity contribution in [1.82, 2.24) is 15.1 Å². The van der Waals surface area contributed by atoms with Crippen LogP contribution in [-0.4, -0.2) is 40.4 Å². The Labute approximate surface area is 84.6 Å². The summed E-state index contributed by atoms with van der Waals surface area (Å²) in [5.41, 5.74) is 0.151. The molecule has 1 atom stereocenters. The van der Waals surface area contributed by atoms with Gasteiger partial charge in [0, 0.05) is 6.07 Å². The number of aromatic nitrogens is 2. The van der Waals surface area contributed by atoms with Crippen LogP contribution in [0, 0.1) is 0 Å². The number of esters is 1. The molecule has 0 spiro atoms. The zero-order valence-corrected chi connectivity index (χ0v) is 7.93. The number of carbonyl (C=O) groups excluding carboxylic acids is 2. The molecule has 0 radical (unpaired) electrons. The minimum absolute atomic E-state index is 0.00333. The molecule has 80 valence electrons. The highest BCUT2D eigenvalue weighted by Crippen LogP contribution is 2.14. The first-order valence-electron chi connectivity index (χ1n) is 4.27. The molecule has 0 aromatic carbocycles. The van der Waals surface area contributed by atoms with Crippen molar-refractivity contribution < 1.29 is 19.4 Å². The summed E-state index contributed by atoms with van der Waals surface area (Å²) in [4.78, 5) is 22.5. The van der Waals surface area contributed by atoms with E-state index in [9.17, 15) is 14.7 Å². The number of aliphatic hydroxyl groups excluding tert-OH is 1. The highest BCUT2D eigenvalue weighted by Gasteiger charge is 2.27. The lowest BCUT2D eigenvalue weighted by molar-refractivity contribution is 0.0548. The normalized spacial score (nSPS) is 19.3. The van der Waals surface area contributed by atoms with Crippen molar-refractivity contribution in [2.24, 2.45) is 0 Å². The number of methoxy groups -OCH3 is 1. The van der Waals surface area contributed by atoms with Crippen LogP contribution in [0.4, 0.5) is 0 Å². The Balaban J connectivity index is 2.45. The minimum atomic E-state index is -0.948. The van der Waals surface area contributed by atoms with Crippen LogP contribution >= 0.6 is 0 Å². The van der Waals surface area contributed by atoms with Gasteiger partial charge in [0.25, 0.3) is 5.91 Å². The lowest BCUT2D eigenvalue weighted by Crippen LogP contribution is -2.39. The largest absolute Gasteiger partial charge is 0.464 e. The Morgan fingerprint density at radius 3 is 3.13 bits per heavy atom. The maximum absolute atomic E-state index is 11.3. The van der Waals surface area contributed by atoms with E-state index >= 15 is 0 Å². The average Bonchev–Trinajstić information content (AvgIpc) is 2.68. The van der Waals surface area contributed by atoms with Gasteiger partial charge in [0.1, 0.15) is 5.69 Å². The molecule has 0 saturated carbocycles. The Morgan fingerprint density at radius 1 is 1.80 bits per heavy atom. The van der Waals surface area contributed by atoms with Gasteiger partial charge in [0.15, 0.2) is 11.9 Å². The third-order valence-corrected chi connectivity index (χ3v) is 2.09. The fourth-order valence-electron chi connectivity index (χ4n) is 1.36. The van der Waals surface area contributed by atoms with Crippen molar-refractivity contribution in [3.63, 3.8) is 0 Å². The molecule has 7 heteroatoms. The molecule has 2 heterocycles. The predicted octanol–water partition coefficient (Wildman–Crippen LogP) is -1.10. The third-order valence-electron chi connectivity index (χ3n) is 2.09. The number of aliphatic hydroxyl groups is 1. The van der Waals surface area contributed by atoms with Gasteiger partial charge in [-0.2, -0.15) is 5.10 Å². The molecule has 0 bridgehead atoms. The molecule has 1 aromatic rings. The van der Waals surface area contributed by atoms with Crippen molar-refractivity contribution in [1.29, 1.82) is 0 Å². The van der Waals surface area contributed by atoms with Crippen LogP contribution in [0.25, 0.3) is 0 Å². The van der Waals surface area contributed by atoms with Gasteiger partial charge in [-0.25, -0.2) is 9.48 Å². The molecule has 15 heavy (non-hydrogen) atoms. The fourth-order valence-corrected chi connectivity index (χ4v) is 1.36. The van der Waals surface area contributed by atoms with Gasteiger partial charge in [-0.05, 0) is 0 Å². The topological polar surface area (TPSA) is 93.5 Å². The summed E-state index contributed by atoms with van der Waals surface area (Å²) >= 11 is 0. The molecule has 1 amide bonds. The summed E-state index contributed by atoms with van der Waals surface area (Å²) in [6.45, 7) is 0.0775. The van der Waals surface area contributed by atoms with Crippen LogP contribution in [0.3, 0.4) is 0 Å². The van der Waals surface area contributed by atoms with Crippen LogP contribution in [0.15, 0.2) is 6.07 Å². The second-order valence-corrected chi connectivity index (χ2v) is 3.04. The maximum Gasteiger partial charge on any atom is 0.358 e. The molecule has 0 aliphatic carbocycles. The summed E-state index contributed by atoms with van der Waals surface area (Å²) in [6.07, 6.45) is -0.948. The van der Waals surface area contributed by atoms with E-state index in [0.717, 1.165) is 4.68 Å². The van der Waals surface area contributed by atoms with Crippen molar-refractivity contribution in [3.05, 3.63) is 17.5 Å². The van der Waals surface area contributed by atoms with Crippen LogP contribution in [0.5, 0.6) is 0 Å². The van der Waals surface area contributed by atoms with Crippen molar-refractivity contribution in [3.8, 4) is 0 Å². The summed E-state index contributed by atoms with van der Waals surface area (Å²) in [5.74, 6) is -1.01. The van der Waals surface area contributed by atoms with E-state index in [1.54, 1.807) is 0 Å². The van der Waals surface area contributed by atoms with E-state index in [2.05, 4.69) is 15.2 Å². The van der Waals surface area contributed by atoms with E-state index in [-0.39, 0.29) is 23.8 Å². The summed E-state index contributed by atoms with van der Waals surface area (Å²) in [6, 6.07) is 1.28. The van der Waals surface area contributed by atoms with Gasteiger partial charge in [0.2, 0.25) is 0 Å². The molecular weight excluding hydrogens is 202 g/mol. The Hall–Kier alpha value is -1.89. The highest BCUT2D eigenvalue weighted by molar-refractivity contribution is 5.96. The van der Waals surface area contributed by atoms with Gasteiger partial charge in [0.05, 0.1) is 13.7 Å². The summed E-state index contributed by atoms with van der Waals surface area (Å²) in [5, 5.41) is 15.7. The van der Waals surface area contributed by atoms with Gasteiger partial charge in [-0.15, -0.1) is 0 Å². The number of hydrogen-bond acceptors (Lipinski definition) is 5. The number of hydrogen-bond donors (Lipinski definition) is 2. The second kappa shape index (κ2) is 3.35. The second-order valence-electron chi connectivity index (χ2n) is 3.04. The molecule has 2 N–H and O–H groups in total. The predicted molar refractivity (Wildman–Crippen MR) is 47.2 cm³/mol. The zero-order valence-electron chi connectivity index (χ0n) is 7.93. The summed E-state index contributed by atoms with van der Waals surface area (Å²) in [7, 11) is 1.22. The number of carbonyl (C=O) groups is 2. The number of rotatable bonds is 1. The van der Waals surface area contributed by atoms with E-state index in [1.165, 1.54) is 13.2 Å². The molecular formula is C8H9N3O4. The quantitative estimate of drug-likeness (QED) is 0.575. The van der Waals surface area contributed by atoms with Crippen molar-refractivity contribution >= 4 is 11.9 Å². The van der Waals surface area contributed by atoms with Crippen molar-refractivity contribution in [2.45, 2.75) is 6.23 Å². The van der Waals surface area contributed by atoms with Crippen LogP contribution in [0.2, 0.25) is 0 Å². The lowest BCUT2D eigenvalue weighted by Gasteiger charge is -2.19. The molecule has 1 aliphatic rings. The van der Waals surface area contributed by atoms with Crippen LogP contribution < -0.4 is 5.32 Å². The lowest BCUT2D eigenvalue weighted by atomic mass is 10.3. The van der Waals surface area contributed by atoms with Gasteiger partial charge >= 0.3 is 5.97 Å². The van der Waals surface area contributed by atoms with Gasteiger partial charge in [-0.1, -0.05) is 0 Å². The molecule has 7 nitrogen and oxygen atoms in total. The van der Waals surface area contributed by atoms with E-state index in [4.69, 9.17) is 0 Å². The van der Waals surface area contributed by atoms with Crippen molar-refractivity contribution in [2.75, 3.05) is 13.7 Å². The minimum Gasteiger partial charge on any atom is -0.464 e. The molecule has 0 fully saturated rings. The average molecular weight is 211 g/mol. The van der Waals surface area contributed by atoms with E-state index in [0.29, 0.717) is 0 Å². The first kappa shape index (κ1) is 9.66. The number of β-amino-alcohol motifs (C(OH)–C–C–N with tert-alkyl or cyclic N) is 1. The molecule has 1 aliphatic heterocycles. The molecule has 1 unspecified atom stereocenters. The smallest absolute Gasteiger partial charge is 0.358 e. The van der Waals surface area contributed by atoms with Gasteiger partial charge < -0.3 is 15.2 Å². The van der Waals surface area contributed by atoms with Crippen LogP contribution in [-0.2, 0) is 4.74 Å². The van der Waals surface area contributed by atoms with E-state index < -0.39 is 12.2 Å². The molecule has 0 saturated heterocycles.